The number of hydrogen-bond acceptors (Lipinski definition) is 9. The highest BCUT2D eigenvalue weighted by Crippen LogP contribution is 2.32. The molecule has 0 saturated heterocycles. The lowest BCUT2D eigenvalue weighted by Gasteiger charge is -2.12. The molecule has 3 aromatic rings. The zero-order valence-electron chi connectivity index (χ0n) is 19.9. The van der Waals surface area contributed by atoms with Crippen molar-refractivity contribution < 1.29 is 31.8 Å². The summed E-state index contributed by atoms with van der Waals surface area (Å²) in [6, 6.07) is 15.7. The Morgan fingerprint density at radius 3 is 2.32 bits per heavy atom. The predicted molar refractivity (Wildman–Crippen MR) is 134 cm³/mol. The number of anilines is 1. The van der Waals surface area contributed by atoms with Gasteiger partial charge in [0.05, 0.1) is 19.1 Å². The first kappa shape index (κ1) is 26.7. The van der Waals surface area contributed by atoms with Crippen LogP contribution in [-0.4, -0.2) is 33.5 Å². The molecule has 190 valence electrons. The van der Waals surface area contributed by atoms with E-state index in [9.17, 15) is 28.6 Å². The highest BCUT2D eigenvalue weighted by Gasteiger charge is 2.21. The number of rotatable bonds is 9. The number of nitro benzene ring substituents is 1. The van der Waals surface area contributed by atoms with Crippen LogP contribution in [0.4, 0.5) is 11.4 Å². The lowest BCUT2D eigenvalue weighted by Crippen LogP contribution is -2.14. The van der Waals surface area contributed by atoms with Gasteiger partial charge in [0.1, 0.15) is 28.0 Å². The van der Waals surface area contributed by atoms with E-state index in [1.54, 1.807) is 19.1 Å². The molecule has 0 aromatic heterocycles. The van der Waals surface area contributed by atoms with Gasteiger partial charge in [0.25, 0.3) is 11.6 Å². The van der Waals surface area contributed by atoms with Gasteiger partial charge in [-0.25, -0.2) is 0 Å². The second-order valence-corrected chi connectivity index (χ2v) is 9.07. The summed E-state index contributed by atoms with van der Waals surface area (Å²) in [6.07, 6.45) is 1.22. The number of methoxy groups -OCH3 is 2. The average Bonchev–Trinajstić information content (AvgIpc) is 2.88. The summed E-state index contributed by atoms with van der Waals surface area (Å²) in [5, 5.41) is 23.2. The molecule has 0 saturated carbocycles. The van der Waals surface area contributed by atoms with Crippen LogP contribution in [0.25, 0.3) is 6.08 Å². The first-order chi connectivity index (χ1) is 17.6. The number of benzene rings is 3. The first-order valence-corrected chi connectivity index (χ1v) is 11.9. The van der Waals surface area contributed by atoms with Gasteiger partial charge in [-0.15, -0.1) is 0 Å². The Kier molecular flexibility index (Phi) is 8.11. The van der Waals surface area contributed by atoms with E-state index in [2.05, 4.69) is 5.32 Å². The molecule has 0 bridgehead atoms. The number of aryl methyl sites for hydroxylation is 1. The fraction of sp³-hybridized carbons (Fsp3) is 0.120. The van der Waals surface area contributed by atoms with Crippen molar-refractivity contribution in [3.8, 4) is 23.3 Å². The zero-order chi connectivity index (χ0) is 27.2. The van der Waals surface area contributed by atoms with Gasteiger partial charge in [0, 0.05) is 6.07 Å². The second kappa shape index (κ2) is 11.2. The molecule has 0 unspecified atom stereocenters. The normalized spacial score (nSPS) is 11.2. The van der Waals surface area contributed by atoms with E-state index in [0.29, 0.717) is 16.9 Å². The van der Waals surface area contributed by atoms with Crippen molar-refractivity contribution in [2.24, 2.45) is 0 Å². The third kappa shape index (κ3) is 6.41. The number of carbonyl (C=O) groups excluding carboxylic acids is 1. The Hall–Kier alpha value is -4.89. The van der Waals surface area contributed by atoms with Gasteiger partial charge in [-0.3, -0.25) is 14.9 Å². The first-order valence-electron chi connectivity index (χ1n) is 10.5. The van der Waals surface area contributed by atoms with Crippen LogP contribution in [0, 0.1) is 28.4 Å². The predicted octanol–water partition coefficient (Wildman–Crippen LogP) is 4.23. The number of nitrogens with one attached hydrogen (secondary N) is 1. The third-order valence-electron chi connectivity index (χ3n) is 5.01. The molecule has 3 rings (SSSR count). The van der Waals surface area contributed by atoms with E-state index in [0.717, 1.165) is 0 Å². The summed E-state index contributed by atoms with van der Waals surface area (Å²) >= 11 is 0. The fourth-order valence-electron chi connectivity index (χ4n) is 3.15. The van der Waals surface area contributed by atoms with E-state index < -0.39 is 20.9 Å². The molecule has 1 amide bonds. The molecule has 1 N–H and O–H groups in total. The number of nitrogens with zero attached hydrogens (tertiary/aromatic N) is 2. The smallest absolute Gasteiger partial charge is 0.339 e. The SMILES string of the molecule is COc1ccc(S(=O)(=O)Oc2ccc(/C=C(\C#N)C(=O)Nc3ccc(C)cc3[N+](=O)[O-])cc2OC)cc1. The summed E-state index contributed by atoms with van der Waals surface area (Å²) in [6.45, 7) is 1.67. The molecule has 0 aliphatic heterocycles. The van der Waals surface area contributed by atoms with Crippen LogP contribution < -0.4 is 19.0 Å². The van der Waals surface area contributed by atoms with E-state index in [4.69, 9.17) is 13.7 Å². The Labute approximate surface area is 212 Å². The van der Waals surface area contributed by atoms with Crippen molar-refractivity contribution >= 4 is 33.5 Å². The van der Waals surface area contributed by atoms with E-state index in [-0.39, 0.29) is 33.3 Å². The molecule has 0 atom stereocenters. The molecule has 0 radical (unpaired) electrons. The summed E-state index contributed by atoms with van der Waals surface area (Å²) in [5.74, 6) is -0.482. The summed E-state index contributed by atoms with van der Waals surface area (Å²) < 4.78 is 40.8. The van der Waals surface area contributed by atoms with Gasteiger partial charge in [-0.05, 0) is 66.6 Å². The monoisotopic (exact) mass is 523 g/mol. The van der Waals surface area contributed by atoms with Crippen molar-refractivity contribution in [1.29, 1.82) is 5.26 Å². The molecule has 0 heterocycles. The molecule has 0 fully saturated rings. The lowest BCUT2D eigenvalue weighted by molar-refractivity contribution is -0.384. The fourth-order valence-corrected chi connectivity index (χ4v) is 4.09. The summed E-state index contributed by atoms with van der Waals surface area (Å²) in [4.78, 5) is 23.2. The van der Waals surface area contributed by atoms with Gasteiger partial charge in [0.15, 0.2) is 11.5 Å². The Morgan fingerprint density at radius 1 is 1.03 bits per heavy atom. The highest BCUT2D eigenvalue weighted by atomic mass is 32.2. The minimum atomic E-state index is -4.20. The van der Waals surface area contributed by atoms with Crippen LogP contribution >= 0.6 is 0 Å². The topological polar surface area (TPSA) is 158 Å². The third-order valence-corrected chi connectivity index (χ3v) is 6.26. The largest absolute Gasteiger partial charge is 0.497 e. The van der Waals surface area contributed by atoms with Crippen LogP contribution in [0.15, 0.2) is 71.1 Å². The molecular formula is C25H21N3O8S. The van der Waals surface area contributed by atoms with Gasteiger partial charge in [0.2, 0.25) is 0 Å². The Bertz CT molecular complexity index is 1520. The van der Waals surface area contributed by atoms with Gasteiger partial charge in [-0.2, -0.15) is 13.7 Å². The molecule has 12 heteroatoms. The summed E-state index contributed by atoms with van der Waals surface area (Å²) in [7, 11) is -1.45. The number of amides is 1. The van der Waals surface area contributed by atoms with Crippen molar-refractivity contribution in [2.45, 2.75) is 11.8 Å². The standard InChI is InChI=1S/C25H21N3O8S/c1-16-4-10-21(22(12-16)28(30)31)27-25(29)18(15-26)13-17-5-11-23(24(14-17)35-3)36-37(32,33)20-8-6-19(34-2)7-9-20/h4-14H,1-3H3,(H,27,29)/b18-13+. The van der Waals surface area contributed by atoms with Gasteiger partial charge >= 0.3 is 10.1 Å². The molecule has 3 aromatic carbocycles. The maximum atomic E-state index is 12.7. The van der Waals surface area contributed by atoms with Crippen LogP contribution in [-0.2, 0) is 14.9 Å². The molecule has 37 heavy (non-hydrogen) atoms. The van der Waals surface area contributed by atoms with Crippen LogP contribution in [0.3, 0.4) is 0 Å². The summed E-state index contributed by atoms with van der Waals surface area (Å²) in [5.41, 5.74) is 0.218. The average molecular weight is 524 g/mol. The molecule has 11 nitrogen and oxygen atoms in total. The zero-order valence-corrected chi connectivity index (χ0v) is 20.7. The highest BCUT2D eigenvalue weighted by molar-refractivity contribution is 7.87. The minimum absolute atomic E-state index is 0.0257. The minimum Gasteiger partial charge on any atom is -0.497 e. The number of ether oxygens (including phenoxy) is 2. The van der Waals surface area contributed by atoms with E-state index >= 15 is 0 Å². The molecule has 0 spiro atoms. The van der Waals surface area contributed by atoms with Crippen LogP contribution in [0.5, 0.6) is 17.2 Å². The second-order valence-electron chi connectivity index (χ2n) is 7.52. The van der Waals surface area contributed by atoms with Gasteiger partial charge < -0.3 is 19.0 Å². The number of nitro groups is 1. The lowest BCUT2D eigenvalue weighted by atomic mass is 10.1. The molecular weight excluding hydrogens is 502 g/mol. The van der Waals surface area contributed by atoms with Crippen molar-refractivity contribution in [2.75, 3.05) is 19.5 Å². The van der Waals surface area contributed by atoms with Crippen molar-refractivity contribution in [3.63, 3.8) is 0 Å². The van der Waals surface area contributed by atoms with Crippen molar-refractivity contribution in [3.05, 3.63) is 87.5 Å². The number of nitriles is 1. The Balaban J connectivity index is 1.86. The quantitative estimate of drug-likeness (QED) is 0.142. The van der Waals surface area contributed by atoms with Crippen LogP contribution in [0.1, 0.15) is 11.1 Å². The van der Waals surface area contributed by atoms with E-state index in [1.807, 2.05) is 0 Å². The van der Waals surface area contributed by atoms with Crippen molar-refractivity contribution in [1.82, 2.24) is 0 Å². The molecule has 0 aliphatic rings. The van der Waals surface area contributed by atoms with E-state index in [1.165, 1.54) is 74.9 Å². The Morgan fingerprint density at radius 2 is 1.73 bits per heavy atom. The molecule has 0 aliphatic carbocycles. The maximum absolute atomic E-state index is 12.7. The maximum Gasteiger partial charge on any atom is 0.339 e. The van der Waals surface area contributed by atoms with Gasteiger partial charge in [-0.1, -0.05) is 12.1 Å². The number of hydrogen-bond donors (Lipinski definition) is 1. The number of carbonyl (C=O) groups is 1. The van der Waals surface area contributed by atoms with Crippen LogP contribution in [0.2, 0.25) is 0 Å².